The maximum atomic E-state index is 12.3. The molecule has 1 N–H and O–H groups in total. The first-order valence-electron chi connectivity index (χ1n) is 6.14. The van der Waals surface area contributed by atoms with Crippen molar-refractivity contribution in [2.75, 3.05) is 13.1 Å². The summed E-state index contributed by atoms with van der Waals surface area (Å²) in [4.78, 5) is 22.8. The van der Waals surface area contributed by atoms with Crippen molar-refractivity contribution in [2.24, 2.45) is 5.92 Å². The number of fused-ring (bicyclic) bond motifs is 1. The van der Waals surface area contributed by atoms with Crippen LogP contribution in [0.1, 0.15) is 0 Å². The first-order chi connectivity index (χ1) is 9.16. The molecule has 0 saturated carbocycles. The van der Waals surface area contributed by atoms with E-state index >= 15 is 0 Å². The van der Waals surface area contributed by atoms with Crippen molar-refractivity contribution >= 4 is 16.5 Å². The second kappa shape index (κ2) is 4.47. The minimum Gasteiger partial charge on any atom is -0.316 e. The highest BCUT2D eigenvalue weighted by atomic mass is 16.6. The maximum absolute atomic E-state index is 12.3. The van der Waals surface area contributed by atoms with Crippen LogP contribution in [0.3, 0.4) is 0 Å². The second-order valence-electron chi connectivity index (χ2n) is 4.79. The number of non-ortho nitro benzene ring substituents is 1. The summed E-state index contributed by atoms with van der Waals surface area (Å²) in [6, 6.07) is 6.26. The summed E-state index contributed by atoms with van der Waals surface area (Å²) in [5.41, 5.74) is -0.180. The molecule has 1 aromatic carbocycles. The highest BCUT2D eigenvalue weighted by molar-refractivity contribution is 5.89. The minimum absolute atomic E-state index is 0.0212. The van der Waals surface area contributed by atoms with Gasteiger partial charge in [-0.15, -0.1) is 0 Å². The lowest BCUT2D eigenvalue weighted by molar-refractivity contribution is -0.383. The van der Waals surface area contributed by atoms with Crippen LogP contribution in [-0.4, -0.2) is 22.6 Å². The van der Waals surface area contributed by atoms with Gasteiger partial charge in [-0.1, -0.05) is 6.07 Å². The van der Waals surface area contributed by atoms with E-state index in [0.717, 1.165) is 13.1 Å². The number of hydrogen-bond donors (Lipinski definition) is 1. The molecule has 0 radical (unpaired) electrons. The monoisotopic (exact) mass is 259 g/mol. The molecule has 0 aliphatic carbocycles. The van der Waals surface area contributed by atoms with E-state index in [9.17, 15) is 14.9 Å². The number of nitro benzene ring substituents is 1. The topological polar surface area (TPSA) is 77.2 Å². The zero-order valence-corrected chi connectivity index (χ0v) is 10.2. The first-order valence-corrected chi connectivity index (χ1v) is 6.14. The molecule has 3 rings (SSSR count). The molecule has 1 fully saturated rings. The van der Waals surface area contributed by atoms with Crippen molar-refractivity contribution in [3.05, 3.63) is 50.9 Å². The molecule has 19 heavy (non-hydrogen) atoms. The molecule has 2 aromatic rings. The lowest BCUT2D eigenvalue weighted by atomic mass is 10.0. The SMILES string of the molecule is O=c1c2cccc([N+](=O)[O-])c2ccn1CC1CNC1. The van der Waals surface area contributed by atoms with Crippen LogP contribution in [0.25, 0.3) is 10.8 Å². The third kappa shape index (κ3) is 2.00. The smallest absolute Gasteiger partial charge is 0.277 e. The average molecular weight is 259 g/mol. The predicted molar refractivity (Wildman–Crippen MR) is 71.2 cm³/mol. The number of hydrogen-bond acceptors (Lipinski definition) is 4. The lowest BCUT2D eigenvalue weighted by Gasteiger charge is -2.27. The summed E-state index contributed by atoms with van der Waals surface area (Å²) in [5.74, 6) is 0.467. The summed E-state index contributed by atoms with van der Waals surface area (Å²) >= 11 is 0. The lowest BCUT2D eigenvalue weighted by Crippen LogP contribution is -2.45. The van der Waals surface area contributed by atoms with E-state index in [1.165, 1.54) is 6.07 Å². The molecule has 0 spiro atoms. The van der Waals surface area contributed by atoms with Gasteiger partial charge in [-0.25, -0.2) is 0 Å². The number of pyridine rings is 1. The van der Waals surface area contributed by atoms with E-state index in [0.29, 0.717) is 23.2 Å². The Morgan fingerprint density at radius 2 is 2.11 bits per heavy atom. The predicted octanol–water partition coefficient (Wildman–Crippen LogP) is 1.13. The van der Waals surface area contributed by atoms with E-state index in [1.807, 2.05) is 0 Å². The van der Waals surface area contributed by atoms with Crippen LogP contribution in [0.5, 0.6) is 0 Å². The normalized spacial score (nSPS) is 15.4. The highest BCUT2D eigenvalue weighted by Crippen LogP contribution is 2.22. The van der Waals surface area contributed by atoms with E-state index in [2.05, 4.69) is 5.32 Å². The van der Waals surface area contributed by atoms with Crippen LogP contribution in [0.15, 0.2) is 35.3 Å². The van der Waals surface area contributed by atoms with Crippen LogP contribution in [-0.2, 0) is 6.54 Å². The first kappa shape index (κ1) is 11.9. The van der Waals surface area contributed by atoms with Crippen molar-refractivity contribution in [1.29, 1.82) is 0 Å². The Hall–Kier alpha value is -2.21. The van der Waals surface area contributed by atoms with Gasteiger partial charge in [-0.3, -0.25) is 14.9 Å². The van der Waals surface area contributed by atoms with Crippen molar-refractivity contribution < 1.29 is 4.92 Å². The van der Waals surface area contributed by atoms with Gasteiger partial charge in [0.2, 0.25) is 0 Å². The zero-order chi connectivity index (χ0) is 13.4. The molecule has 0 amide bonds. The van der Waals surface area contributed by atoms with Crippen molar-refractivity contribution in [1.82, 2.24) is 9.88 Å². The van der Waals surface area contributed by atoms with Crippen LogP contribution in [0, 0.1) is 16.0 Å². The van der Waals surface area contributed by atoms with Gasteiger partial charge in [0.25, 0.3) is 11.2 Å². The molecular formula is C13H13N3O3. The molecular weight excluding hydrogens is 246 g/mol. The number of benzene rings is 1. The zero-order valence-electron chi connectivity index (χ0n) is 10.2. The van der Waals surface area contributed by atoms with Crippen molar-refractivity contribution in [3.8, 4) is 0 Å². The van der Waals surface area contributed by atoms with Gasteiger partial charge in [0.05, 0.1) is 15.7 Å². The van der Waals surface area contributed by atoms with E-state index < -0.39 is 4.92 Å². The Labute approximate surface area is 108 Å². The molecule has 0 atom stereocenters. The molecule has 6 nitrogen and oxygen atoms in total. The Morgan fingerprint density at radius 3 is 2.74 bits per heavy atom. The number of nitrogens with one attached hydrogen (secondary N) is 1. The number of rotatable bonds is 3. The van der Waals surface area contributed by atoms with Gasteiger partial charge < -0.3 is 9.88 Å². The third-order valence-corrected chi connectivity index (χ3v) is 3.51. The number of nitro groups is 1. The molecule has 6 heteroatoms. The van der Waals surface area contributed by atoms with Crippen LogP contribution < -0.4 is 10.9 Å². The third-order valence-electron chi connectivity index (χ3n) is 3.51. The summed E-state index contributed by atoms with van der Waals surface area (Å²) in [7, 11) is 0. The molecule has 1 aromatic heterocycles. The molecule has 0 unspecified atom stereocenters. The molecule has 1 saturated heterocycles. The van der Waals surface area contributed by atoms with Crippen LogP contribution in [0.2, 0.25) is 0 Å². The molecule has 1 aliphatic heterocycles. The molecule has 2 heterocycles. The highest BCUT2D eigenvalue weighted by Gasteiger charge is 2.19. The van der Waals surface area contributed by atoms with E-state index in [4.69, 9.17) is 0 Å². The van der Waals surface area contributed by atoms with Gasteiger partial charge in [0.15, 0.2) is 0 Å². The fourth-order valence-electron chi connectivity index (χ4n) is 2.36. The fraction of sp³-hybridized carbons (Fsp3) is 0.308. The Morgan fingerprint density at radius 1 is 1.32 bits per heavy atom. The second-order valence-corrected chi connectivity index (χ2v) is 4.79. The Kier molecular flexibility index (Phi) is 2.79. The minimum atomic E-state index is -0.456. The quantitative estimate of drug-likeness (QED) is 0.662. The van der Waals surface area contributed by atoms with Crippen molar-refractivity contribution in [2.45, 2.75) is 6.54 Å². The van der Waals surface area contributed by atoms with Gasteiger partial charge in [-0.05, 0) is 12.1 Å². The molecule has 1 aliphatic rings. The summed E-state index contributed by atoms with van der Waals surface area (Å²) < 4.78 is 1.64. The van der Waals surface area contributed by atoms with Gasteiger partial charge in [0.1, 0.15) is 0 Å². The average Bonchev–Trinajstić information content (AvgIpc) is 2.35. The molecule has 98 valence electrons. The van der Waals surface area contributed by atoms with Gasteiger partial charge in [0, 0.05) is 37.8 Å². The van der Waals surface area contributed by atoms with Crippen LogP contribution >= 0.6 is 0 Å². The largest absolute Gasteiger partial charge is 0.316 e. The summed E-state index contributed by atoms with van der Waals surface area (Å²) in [5, 5.41) is 14.9. The summed E-state index contributed by atoms with van der Waals surface area (Å²) in [6.45, 7) is 2.49. The van der Waals surface area contributed by atoms with Crippen LogP contribution in [0.4, 0.5) is 5.69 Å². The van der Waals surface area contributed by atoms with Gasteiger partial charge >= 0.3 is 0 Å². The Balaban J connectivity index is 2.11. The maximum Gasteiger partial charge on any atom is 0.277 e. The van der Waals surface area contributed by atoms with E-state index in [1.54, 1.807) is 29.0 Å². The standard InChI is InChI=1S/C13H13N3O3/c17-13-11-2-1-3-12(16(18)19)10(11)4-5-15(13)8-9-6-14-7-9/h1-5,9,14H,6-8H2. The number of nitrogens with zero attached hydrogens (tertiary/aromatic N) is 2. The number of aromatic nitrogens is 1. The van der Waals surface area contributed by atoms with Gasteiger partial charge in [-0.2, -0.15) is 0 Å². The fourth-order valence-corrected chi connectivity index (χ4v) is 2.36. The molecule has 0 bridgehead atoms. The Bertz CT molecular complexity index is 704. The summed E-state index contributed by atoms with van der Waals surface area (Å²) in [6.07, 6.45) is 1.65. The van der Waals surface area contributed by atoms with E-state index in [-0.39, 0.29) is 11.2 Å². The van der Waals surface area contributed by atoms with Crippen molar-refractivity contribution in [3.63, 3.8) is 0 Å².